The van der Waals surface area contributed by atoms with E-state index in [9.17, 15) is 9.59 Å². The molecule has 0 saturated carbocycles. The molecule has 1 atom stereocenters. The standard InChI is InChI=1S/C16H28N4O3/c1-17-2-5-19(6-3-17)16(22)14-12-15(21)20(13-14)7-4-18-8-10-23-11-9-18/h14H,2-13H2,1H3. The number of hydrogen-bond acceptors (Lipinski definition) is 5. The molecule has 130 valence electrons. The Bertz CT molecular complexity index is 431. The average molecular weight is 324 g/mol. The number of likely N-dealkylation sites (N-methyl/N-ethyl adjacent to an activating group) is 1. The number of piperazine rings is 1. The molecule has 0 aromatic rings. The molecule has 0 aromatic heterocycles. The van der Waals surface area contributed by atoms with Gasteiger partial charge in [-0.1, -0.05) is 0 Å². The lowest BCUT2D eigenvalue weighted by molar-refractivity contribution is -0.137. The SMILES string of the molecule is CN1CCN(C(=O)C2CC(=O)N(CCN3CCOCC3)C2)CC1. The maximum Gasteiger partial charge on any atom is 0.228 e. The lowest BCUT2D eigenvalue weighted by atomic mass is 10.1. The number of hydrogen-bond donors (Lipinski definition) is 0. The van der Waals surface area contributed by atoms with Crippen molar-refractivity contribution in [2.75, 3.05) is 79.2 Å². The van der Waals surface area contributed by atoms with E-state index in [4.69, 9.17) is 4.74 Å². The molecular formula is C16H28N4O3. The number of morpholine rings is 1. The first-order valence-electron chi connectivity index (χ1n) is 8.68. The molecule has 3 saturated heterocycles. The predicted molar refractivity (Wildman–Crippen MR) is 86.0 cm³/mol. The van der Waals surface area contributed by atoms with Crippen LogP contribution in [0.25, 0.3) is 0 Å². The summed E-state index contributed by atoms with van der Waals surface area (Å²) in [5.41, 5.74) is 0. The number of ether oxygens (including phenoxy) is 1. The van der Waals surface area contributed by atoms with Gasteiger partial charge in [0.05, 0.1) is 19.1 Å². The minimum absolute atomic E-state index is 0.130. The van der Waals surface area contributed by atoms with Crippen molar-refractivity contribution in [2.24, 2.45) is 5.92 Å². The Balaban J connectivity index is 1.45. The van der Waals surface area contributed by atoms with Crippen LogP contribution in [0.15, 0.2) is 0 Å². The number of carbonyl (C=O) groups excluding carboxylic acids is 2. The van der Waals surface area contributed by atoms with Crippen molar-refractivity contribution in [2.45, 2.75) is 6.42 Å². The van der Waals surface area contributed by atoms with Crippen molar-refractivity contribution in [1.82, 2.24) is 19.6 Å². The summed E-state index contributed by atoms with van der Waals surface area (Å²) in [6, 6.07) is 0. The van der Waals surface area contributed by atoms with E-state index in [1.54, 1.807) is 0 Å². The van der Waals surface area contributed by atoms with Gasteiger partial charge in [0.2, 0.25) is 11.8 Å². The molecular weight excluding hydrogens is 296 g/mol. The lowest BCUT2D eigenvalue weighted by Crippen LogP contribution is -2.49. The van der Waals surface area contributed by atoms with Gasteiger partial charge < -0.3 is 19.4 Å². The summed E-state index contributed by atoms with van der Waals surface area (Å²) in [5.74, 6) is 0.154. The minimum atomic E-state index is -0.143. The molecule has 0 bridgehead atoms. The molecule has 3 fully saturated rings. The fourth-order valence-electron chi connectivity index (χ4n) is 3.53. The molecule has 0 aliphatic carbocycles. The zero-order valence-corrected chi connectivity index (χ0v) is 14.1. The molecule has 3 rings (SSSR count). The van der Waals surface area contributed by atoms with Gasteiger partial charge in [0.15, 0.2) is 0 Å². The van der Waals surface area contributed by atoms with Gasteiger partial charge in [0, 0.05) is 65.3 Å². The Morgan fingerprint density at radius 2 is 1.78 bits per heavy atom. The van der Waals surface area contributed by atoms with Crippen molar-refractivity contribution in [3.63, 3.8) is 0 Å². The van der Waals surface area contributed by atoms with Crippen molar-refractivity contribution in [3.05, 3.63) is 0 Å². The average Bonchev–Trinajstić information content (AvgIpc) is 2.95. The van der Waals surface area contributed by atoms with Crippen molar-refractivity contribution >= 4 is 11.8 Å². The molecule has 0 aromatic carbocycles. The first-order chi connectivity index (χ1) is 11.1. The number of nitrogens with zero attached hydrogens (tertiary/aromatic N) is 4. The molecule has 7 heteroatoms. The highest BCUT2D eigenvalue weighted by atomic mass is 16.5. The first-order valence-corrected chi connectivity index (χ1v) is 8.68. The molecule has 23 heavy (non-hydrogen) atoms. The van der Waals surface area contributed by atoms with E-state index in [-0.39, 0.29) is 17.7 Å². The fraction of sp³-hybridized carbons (Fsp3) is 0.875. The smallest absolute Gasteiger partial charge is 0.228 e. The third-order valence-corrected chi connectivity index (χ3v) is 5.17. The second-order valence-corrected chi connectivity index (χ2v) is 6.82. The van der Waals surface area contributed by atoms with Gasteiger partial charge >= 0.3 is 0 Å². The number of rotatable bonds is 4. The monoisotopic (exact) mass is 324 g/mol. The Labute approximate surface area is 138 Å². The number of carbonyl (C=O) groups is 2. The molecule has 1 unspecified atom stereocenters. The van der Waals surface area contributed by atoms with E-state index in [1.165, 1.54) is 0 Å². The molecule has 3 aliphatic heterocycles. The maximum absolute atomic E-state index is 12.6. The van der Waals surface area contributed by atoms with E-state index < -0.39 is 0 Å². The van der Waals surface area contributed by atoms with Crippen molar-refractivity contribution < 1.29 is 14.3 Å². The van der Waals surface area contributed by atoms with Crippen LogP contribution in [0.3, 0.4) is 0 Å². The third kappa shape index (κ3) is 4.22. The zero-order chi connectivity index (χ0) is 16.2. The highest BCUT2D eigenvalue weighted by Gasteiger charge is 2.37. The normalized spacial score (nSPS) is 27.7. The second-order valence-electron chi connectivity index (χ2n) is 6.82. The van der Waals surface area contributed by atoms with Gasteiger partial charge in [0.25, 0.3) is 0 Å². The van der Waals surface area contributed by atoms with Crippen molar-refractivity contribution in [3.8, 4) is 0 Å². The Hall–Kier alpha value is -1.18. The van der Waals surface area contributed by atoms with Gasteiger partial charge in [-0.2, -0.15) is 0 Å². The van der Waals surface area contributed by atoms with Crippen LogP contribution in [0.4, 0.5) is 0 Å². The molecule has 0 N–H and O–H groups in total. The van der Waals surface area contributed by atoms with E-state index in [0.29, 0.717) is 13.0 Å². The summed E-state index contributed by atoms with van der Waals surface area (Å²) in [4.78, 5) is 33.2. The minimum Gasteiger partial charge on any atom is -0.379 e. The first kappa shape index (κ1) is 16.7. The quantitative estimate of drug-likeness (QED) is 0.660. The van der Waals surface area contributed by atoms with Crippen molar-refractivity contribution in [1.29, 1.82) is 0 Å². The molecule has 0 spiro atoms. The lowest BCUT2D eigenvalue weighted by Gasteiger charge is -2.34. The van der Waals surface area contributed by atoms with Crippen LogP contribution in [0, 0.1) is 5.92 Å². The van der Waals surface area contributed by atoms with Crippen LogP contribution in [0.2, 0.25) is 0 Å². The molecule has 7 nitrogen and oxygen atoms in total. The highest BCUT2D eigenvalue weighted by molar-refractivity contribution is 5.89. The summed E-state index contributed by atoms with van der Waals surface area (Å²) in [6.45, 7) is 9.04. The summed E-state index contributed by atoms with van der Waals surface area (Å²) >= 11 is 0. The summed E-state index contributed by atoms with van der Waals surface area (Å²) in [5, 5.41) is 0. The molecule has 0 radical (unpaired) electrons. The largest absolute Gasteiger partial charge is 0.379 e. The van der Waals surface area contributed by atoms with Crippen LogP contribution in [-0.4, -0.2) is 111 Å². The fourth-order valence-corrected chi connectivity index (χ4v) is 3.53. The summed E-state index contributed by atoms with van der Waals surface area (Å²) < 4.78 is 5.34. The summed E-state index contributed by atoms with van der Waals surface area (Å²) in [6.07, 6.45) is 0.383. The number of amides is 2. The van der Waals surface area contributed by atoms with Gasteiger partial charge in [-0.15, -0.1) is 0 Å². The van der Waals surface area contributed by atoms with E-state index in [0.717, 1.165) is 65.6 Å². The topological polar surface area (TPSA) is 56.3 Å². The van der Waals surface area contributed by atoms with Crippen LogP contribution in [0.1, 0.15) is 6.42 Å². The number of likely N-dealkylation sites (tertiary alicyclic amines) is 1. The van der Waals surface area contributed by atoms with Gasteiger partial charge in [-0.05, 0) is 7.05 Å². The third-order valence-electron chi connectivity index (χ3n) is 5.17. The van der Waals surface area contributed by atoms with Gasteiger partial charge in [0.1, 0.15) is 0 Å². The van der Waals surface area contributed by atoms with Crippen LogP contribution >= 0.6 is 0 Å². The Kier molecular flexibility index (Phi) is 5.50. The van der Waals surface area contributed by atoms with Crippen LogP contribution in [-0.2, 0) is 14.3 Å². The predicted octanol–water partition coefficient (Wildman–Crippen LogP) is -1.06. The van der Waals surface area contributed by atoms with E-state index in [2.05, 4.69) is 16.8 Å². The van der Waals surface area contributed by atoms with Gasteiger partial charge in [-0.3, -0.25) is 14.5 Å². The summed E-state index contributed by atoms with van der Waals surface area (Å²) in [7, 11) is 2.08. The molecule has 2 amide bonds. The Morgan fingerprint density at radius 1 is 1.09 bits per heavy atom. The van der Waals surface area contributed by atoms with Crippen LogP contribution < -0.4 is 0 Å². The Morgan fingerprint density at radius 3 is 2.48 bits per heavy atom. The maximum atomic E-state index is 12.6. The van der Waals surface area contributed by atoms with Gasteiger partial charge in [-0.25, -0.2) is 0 Å². The van der Waals surface area contributed by atoms with Crippen LogP contribution in [0.5, 0.6) is 0 Å². The second kappa shape index (κ2) is 7.59. The van der Waals surface area contributed by atoms with E-state index in [1.807, 2.05) is 9.80 Å². The molecule has 3 heterocycles. The van der Waals surface area contributed by atoms with E-state index >= 15 is 0 Å². The molecule has 3 aliphatic rings. The highest BCUT2D eigenvalue weighted by Crippen LogP contribution is 2.20. The zero-order valence-electron chi connectivity index (χ0n) is 14.1.